The van der Waals surface area contributed by atoms with E-state index < -0.39 is 0 Å². The highest BCUT2D eigenvalue weighted by Gasteiger charge is 2.28. The minimum atomic E-state index is -0.229. The van der Waals surface area contributed by atoms with Crippen molar-refractivity contribution in [2.24, 2.45) is 4.99 Å². The summed E-state index contributed by atoms with van der Waals surface area (Å²) in [6, 6.07) is 62.2. The molecule has 10 rings (SSSR count). The van der Waals surface area contributed by atoms with Crippen molar-refractivity contribution in [3.63, 3.8) is 0 Å². The molecule has 1 aromatic heterocycles. The first-order valence-corrected chi connectivity index (χ1v) is 17.4. The fourth-order valence-electron chi connectivity index (χ4n) is 7.64. The van der Waals surface area contributed by atoms with Gasteiger partial charge < -0.3 is 9.73 Å². The van der Waals surface area contributed by atoms with E-state index in [1.165, 1.54) is 21.9 Å². The van der Waals surface area contributed by atoms with Gasteiger partial charge in [0.2, 0.25) is 0 Å². The van der Waals surface area contributed by atoms with Gasteiger partial charge in [-0.05, 0) is 73.8 Å². The van der Waals surface area contributed by atoms with E-state index in [4.69, 9.17) is 9.41 Å². The predicted molar refractivity (Wildman–Crippen MR) is 211 cm³/mol. The Bertz CT molecular complexity index is 2760. The van der Waals surface area contributed by atoms with Crippen LogP contribution >= 0.6 is 0 Å². The van der Waals surface area contributed by atoms with Crippen molar-refractivity contribution < 1.29 is 4.42 Å². The van der Waals surface area contributed by atoms with Gasteiger partial charge >= 0.3 is 0 Å². The zero-order valence-electron chi connectivity index (χ0n) is 27.8. The van der Waals surface area contributed by atoms with E-state index in [0.717, 1.165) is 66.4 Å². The van der Waals surface area contributed by atoms with Crippen LogP contribution in [0.5, 0.6) is 0 Å². The highest BCUT2D eigenvalue weighted by molar-refractivity contribution is 6.24. The standard InChI is InChI=1S/C47H33N3O/c1-3-14-31(15-4-1)45-48-46(32-16-5-2-6-17-32)50-47(49-45)41-28-36-18-8-10-23-39(36)44-43(41)40-26-25-34(29-42(40)51-44)33-20-11-21-35(27-33)38-24-12-19-30-13-7-9-22-37(30)38/h1-29,45-46,48H,(H,49,50). The van der Waals surface area contributed by atoms with Crippen LogP contribution in [0.3, 0.4) is 0 Å². The Kier molecular flexibility index (Phi) is 7.00. The van der Waals surface area contributed by atoms with E-state index in [9.17, 15) is 0 Å². The van der Waals surface area contributed by atoms with Crippen LogP contribution in [0.1, 0.15) is 29.0 Å². The summed E-state index contributed by atoms with van der Waals surface area (Å²) >= 11 is 0. The number of hydrogen-bond donors (Lipinski definition) is 2. The molecular formula is C47H33N3O. The van der Waals surface area contributed by atoms with Gasteiger partial charge in [0.15, 0.2) is 0 Å². The molecule has 2 unspecified atom stereocenters. The van der Waals surface area contributed by atoms with Gasteiger partial charge in [-0.2, -0.15) is 0 Å². The van der Waals surface area contributed by atoms with Crippen LogP contribution in [0.15, 0.2) is 185 Å². The van der Waals surface area contributed by atoms with Crippen molar-refractivity contribution in [3.05, 3.63) is 193 Å². The molecule has 242 valence electrons. The number of furan rings is 1. The average molecular weight is 656 g/mol. The molecule has 8 aromatic carbocycles. The number of nitrogens with zero attached hydrogens (tertiary/aromatic N) is 1. The first kappa shape index (κ1) is 29.4. The second-order valence-electron chi connectivity index (χ2n) is 13.2. The molecule has 1 aliphatic heterocycles. The summed E-state index contributed by atoms with van der Waals surface area (Å²) in [4.78, 5) is 5.32. The second-order valence-corrected chi connectivity index (χ2v) is 13.2. The lowest BCUT2D eigenvalue weighted by molar-refractivity contribution is 0.409. The minimum absolute atomic E-state index is 0.135. The summed E-state index contributed by atoms with van der Waals surface area (Å²) in [5, 5.41) is 14.3. The van der Waals surface area contributed by atoms with Crippen LogP contribution in [0.4, 0.5) is 0 Å². The summed E-state index contributed by atoms with van der Waals surface area (Å²) in [5.74, 6) is 0.835. The Labute approximate surface area is 295 Å². The Hall–Kier alpha value is -6.49. The van der Waals surface area contributed by atoms with Crippen LogP contribution in [0.2, 0.25) is 0 Å². The average Bonchev–Trinajstić information content (AvgIpc) is 3.60. The van der Waals surface area contributed by atoms with Gasteiger partial charge in [-0.25, -0.2) is 4.99 Å². The molecule has 9 aromatic rings. The lowest BCUT2D eigenvalue weighted by atomic mass is 9.94. The van der Waals surface area contributed by atoms with E-state index in [-0.39, 0.29) is 12.3 Å². The van der Waals surface area contributed by atoms with E-state index in [0.29, 0.717) is 0 Å². The Balaban J connectivity index is 1.14. The number of hydrogen-bond acceptors (Lipinski definition) is 4. The third-order valence-electron chi connectivity index (χ3n) is 10.1. The van der Waals surface area contributed by atoms with E-state index >= 15 is 0 Å². The number of fused-ring (bicyclic) bond motifs is 6. The molecule has 0 amide bonds. The summed E-state index contributed by atoms with van der Waals surface area (Å²) in [5.41, 5.74) is 9.69. The normalized spacial score (nSPS) is 16.0. The van der Waals surface area contributed by atoms with Crippen molar-refractivity contribution in [1.29, 1.82) is 0 Å². The molecule has 0 aliphatic carbocycles. The number of rotatable bonds is 5. The van der Waals surface area contributed by atoms with E-state index in [1.807, 2.05) is 6.07 Å². The molecule has 1 aliphatic rings. The van der Waals surface area contributed by atoms with Crippen LogP contribution < -0.4 is 10.6 Å². The molecule has 0 spiro atoms. The lowest BCUT2D eigenvalue weighted by Gasteiger charge is -2.32. The first-order valence-electron chi connectivity index (χ1n) is 17.4. The summed E-state index contributed by atoms with van der Waals surface area (Å²) in [6.45, 7) is 0. The Morgan fingerprint density at radius 2 is 1.14 bits per heavy atom. The number of amidine groups is 1. The van der Waals surface area contributed by atoms with Crippen molar-refractivity contribution >= 4 is 49.3 Å². The topological polar surface area (TPSA) is 49.6 Å². The predicted octanol–water partition coefficient (Wildman–Crippen LogP) is 11.6. The van der Waals surface area contributed by atoms with Gasteiger partial charge in [-0.15, -0.1) is 0 Å². The molecule has 0 fully saturated rings. The van der Waals surface area contributed by atoms with Crippen molar-refractivity contribution in [1.82, 2.24) is 10.6 Å². The number of nitrogens with one attached hydrogen (secondary N) is 2. The maximum atomic E-state index is 6.86. The number of aliphatic imine (C=N–C) groups is 1. The number of benzene rings is 8. The molecule has 0 bridgehead atoms. The van der Waals surface area contributed by atoms with Gasteiger partial charge in [0.1, 0.15) is 29.3 Å². The van der Waals surface area contributed by atoms with Crippen molar-refractivity contribution in [3.8, 4) is 22.3 Å². The van der Waals surface area contributed by atoms with Crippen molar-refractivity contribution in [2.75, 3.05) is 0 Å². The maximum absolute atomic E-state index is 6.86. The first-order chi connectivity index (χ1) is 25.3. The zero-order chi connectivity index (χ0) is 33.7. The quantitative estimate of drug-likeness (QED) is 0.194. The van der Waals surface area contributed by atoms with Crippen LogP contribution in [-0.4, -0.2) is 5.84 Å². The van der Waals surface area contributed by atoms with Crippen LogP contribution in [-0.2, 0) is 0 Å². The van der Waals surface area contributed by atoms with Gasteiger partial charge in [0.25, 0.3) is 0 Å². The zero-order valence-corrected chi connectivity index (χ0v) is 27.8. The summed E-state index contributed by atoms with van der Waals surface area (Å²) in [6.07, 6.45) is -0.364. The van der Waals surface area contributed by atoms with Gasteiger partial charge in [-0.3, -0.25) is 5.32 Å². The molecule has 0 saturated heterocycles. The molecule has 2 heterocycles. The third-order valence-corrected chi connectivity index (χ3v) is 10.1. The van der Waals surface area contributed by atoms with E-state index in [2.05, 4.69) is 180 Å². The molecular weight excluding hydrogens is 623 g/mol. The molecule has 51 heavy (non-hydrogen) atoms. The maximum Gasteiger partial charge on any atom is 0.143 e. The largest absolute Gasteiger partial charge is 0.455 e. The van der Waals surface area contributed by atoms with Gasteiger partial charge in [-0.1, -0.05) is 152 Å². The summed E-state index contributed by atoms with van der Waals surface area (Å²) in [7, 11) is 0. The van der Waals surface area contributed by atoms with Crippen LogP contribution in [0, 0.1) is 0 Å². The fourth-order valence-corrected chi connectivity index (χ4v) is 7.64. The molecule has 2 atom stereocenters. The second kappa shape index (κ2) is 12.1. The van der Waals surface area contributed by atoms with E-state index in [1.54, 1.807) is 0 Å². The third kappa shape index (κ3) is 5.16. The smallest absolute Gasteiger partial charge is 0.143 e. The highest BCUT2D eigenvalue weighted by atomic mass is 16.3. The Morgan fingerprint density at radius 1 is 0.471 bits per heavy atom. The Morgan fingerprint density at radius 3 is 1.98 bits per heavy atom. The lowest BCUT2D eigenvalue weighted by Crippen LogP contribution is -2.45. The monoisotopic (exact) mass is 655 g/mol. The van der Waals surface area contributed by atoms with Crippen LogP contribution in [0.25, 0.3) is 65.7 Å². The van der Waals surface area contributed by atoms with Gasteiger partial charge in [0.05, 0.1) is 0 Å². The molecule has 0 radical (unpaired) electrons. The molecule has 4 nitrogen and oxygen atoms in total. The van der Waals surface area contributed by atoms with Gasteiger partial charge in [0, 0.05) is 21.7 Å². The molecule has 2 N–H and O–H groups in total. The summed E-state index contributed by atoms with van der Waals surface area (Å²) < 4.78 is 6.86. The minimum Gasteiger partial charge on any atom is -0.455 e. The SMILES string of the molecule is c1ccc(C2N=C(c3cc4ccccc4c4oc5cc(-c6cccc(-c7cccc8ccccc78)c6)ccc5c34)NC(c3ccccc3)N2)cc1. The fraction of sp³-hybridized carbons (Fsp3) is 0.0426. The molecule has 4 heteroatoms. The highest BCUT2D eigenvalue weighted by Crippen LogP contribution is 2.40. The van der Waals surface area contributed by atoms with Crippen molar-refractivity contribution in [2.45, 2.75) is 12.3 Å². The molecule has 0 saturated carbocycles.